The van der Waals surface area contributed by atoms with E-state index in [1.165, 1.54) is 27.0 Å². The minimum atomic E-state index is 0.850. The van der Waals surface area contributed by atoms with Gasteiger partial charge in [-0.2, -0.15) is 4.40 Å². The molecule has 0 saturated heterocycles. The van der Waals surface area contributed by atoms with Crippen LogP contribution in [0.3, 0.4) is 0 Å². The molecule has 3 aromatic heterocycles. The van der Waals surface area contributed by atoms with Crippen molar-refractivity contribution in [2.75, 3.05) is 0 Å². The van der Waals surface area contributed by atoms with Gasteiger partial charge in [0.2, 0.25) is 0 Å². The molecule has 19 heavy (non-hydrogen) atoms. The lowest BCUT2D eigenvalue weighted by Crippen LogP contribution is -2.26. The van der Waals surface area contributed by atoms with E-state index >= 15 is 0 Å². The van der Waals surface area contributed by atoms with Crippen molar-refractivity contribution < 1.29 is 0 Å². The summed E-state index contributed by atoms with van der Waals surface area (Å²) in [5, 5.41) is 2.58. The highest BCUT2D eigenvalue weighted by atomic mass is 32.2. The van der Waals surface area contributed by atoms with E-state index in [0.717, 1.165) is 24.3 Å². The number of rotatable bonds is 2. The van der Waals surface area contributed by atoms with E-state index in [0.29, 0.717) is 0 Å². The van der Waals surface area contributed by atoms with Crippen molar-refractivity contribution in [1.82, 2.24) is 4.40 Å². The maximum absolute atomic E-state index is 4.35. The molecule has 0 bridgehead atoms. The van der Waals surface area contributed by atoms with Crippen molar-refractivity contribution in [3.05, 3.63) is 40.8 Å². The van der Waals surface area contributed by atoms with Crippen LogP contribution in [0, 0.1) is 0 Å². The van der Waals surface area contributed by atoms with Crippen molar-refractivity contribution in [2.24, 2.45) is 8.80 Å². The fourth-order valence-electron chi connectivity index (χ4n) is 2.80. The van der Waals surface area contributed by atoms with Crippen molar-refractivity contribution >= 4 is 53.3 Å². The first-order chi connectivity index (χ1) is 9.38. The third kappa shape index (κ3) is 1.47. The van der Waals surface area contributed by atoms with E-state index in [-0.39, 0.29) is 0 Å². The SMILES string of the molecule is C=NS/N=C1/C=c2c(c3ccc4cccc2n43)=CC1. The smallest absolute Gasteiger partial charge is 0.114 e. The summed E-state index contributed by atoms with van der Waals surface area (Å²) in [5.74, 6) is 0. The van der Waals surface area contributed by atoms with Crippen LogP contribution >= 0.6 is 12.1 Å². The molecule has 0 amide bonds. The first-order valence-electron chi connectivity index (χ1n) is 6.11. The lowest BCUT2D eigenvalue weighted by molar-refractivity contribution is 1.34. The number of hydrogen-bond donors (Lipinski definition) is 0. The molecule has 3 heterocycles. The van der Waals surface area contributed by atoms with Crippen molar-refractivity contribution in [3.8, 4) is 0 Å². The summed E-state index contributed by atoms with van der Waals surface area (Å²) in [5.41, 5.74) is 4.81. The first-order valence-corrected chi connectivity index (χ1v) is 6.84. The number of pyridine rings is 1. The molecule has 0 saturated carbocycles. The van der Waals surface area contributed by atoms with Crippen LogP contribution in [-0.4, -0.2) is 16.8 Å². The van der Waals surface area contributed by atoms with Gasteiger partial charge in [-0.05, 0) is 30.3 Å². The van der Waals surface area contributed by atoms with Gasteiger partial charge in [-0.3, -0.25) is 0 Å². The molecule has 0 radical (unpaired) electrons. The molecular formula is C15H11N3S. The molecule has 4 heteroatoms. The second kappa shape index (κ2) is 3.96. The minimum Gasteiger partial charge on any atom is -0.309 e. The Balaban J connectivity index is 2.12. The molecular weight excluding hydrogens is 254 g/mol. The van der Waals surface area contributed by atoms with Gasteiger partial charge in [0, 0.05) is 29.1 Å². The molecule has 3 aromatic rings. The second-order valence-corrected chi connectivity index (χ2v) is 5.17. The van der Waals surface area contributed by atoms with Crippen LogP contribution < -0.4 is 10.4 Å². The number of fused-ring (bicyclic) bond motifs is 3. The zero-order valence-corrected chi connectivity index (χ0v) is 11.0. The van der Waals surface area contributed by atoms with Gasteiger partial charge in [-0.1, -0.05) is 12.1 Å². The quantitative estimate of drug-likeness (QED) is 0.516. The Morgan fingerprint density at radius 1 is 1.11 bits per heavy atom. The van der Waals surface area contributed by atoms with Gasteiger partial charge < -0.3 is 4.40 Å². The van der Waals surface area contributed by atoms with Crippen molar-refractivity contribution in [1.29, 1.82) is 0 Å². The Morgan fingerprint density at radius 2 is 2.00 bits per heavy atom. The summed E-state index contributed by atoms with van der Waals surface area (Å²) in [7, 11) is 0. The molecule has 0 aliphatic heterocycles. The van der Waals surface area contributed by atoms with E-state index < -0.39 is 0 Å². The Bertz CT molecular complexity index is 933. The van der Waals surface area contributed by atoms with Gasteiger partial charge in [0.15, 0.2) is 0 Å². The van der Waals surface area contributed by atoms with Gasteiger partial charge in [-0.15, -0.1) is 0 Å². The zero-order chi connectivity index (χ0) is 12.8. The summed E-state index contributed by atoms with van der Waals surface area (Å²) >= 11 is 1.15. The van der Waals surface area contributed by atoms with E-state index in [2.05, 4.69) is 62.4 Å². The van der Waals surface area contributed by atoms with E-state index in [9.17, 15) is 0 Å². The normalized spacial score (nSPS) is 16.5. The largest absolute Gasteiger partial charge is 0.309 e. The van der Waals surface area contributed by atoms with Gasteiger partial charge >= 0.3 is 0 Å². The monoisotopic (exact) mass is 265 g/mol. The van der Waals surface area contributed by atoms with Crippen LogP contribution in [0.5, 0.6) is 0 Å². The van der Waals surface area contributed by atoms with Crippen molar-refractivity contribution in [3.63, 3.8) is 0 Å². The number of hydrogen-bond acceptors (Lipinski definition) is 3. The average Bonchev–Trinajstić information content (AvgIpc) is 3.01. The summed E-state index contributed by atoms with van der Waals surface area (Å²) in [6.07, 6.45) is 5.26. The Morgan fingerprint density at radius 3 is 2.89 bits per heavy atom. The van der Waals surface area contributed by atoms with Crippen LogP contribution in [0.1, 0.15) is 6.42 Å². The molecule has 0 aromatic carbocycles. The molecule has 1 aliphatic rings. The third-order valence-electron chi connectivity index (χ3n) is 3.56. The highest BCUT2D eigenvalue weighted by Crippen LogP contribution is 2.15. The van der Waals surface area contributed by atoms with Crippen LogP contribution in [0.25, 0.3) is 28.7 Å². The van der Waals surface area contributed by atoms with E-state index in [1.54, 1.807) is 0 Å². The van der Waals surface area contributed by atoms with E-state index in [1.807, 2.05) is 0 Å². The minimum absolute atomic E-state index is 0.850. The van der Waals surface area contributed by atoms with Gasteiger partial charge in [-0.25, -0.2) is 4.40 Å². The predicted molar refractivity (Wildman–Crippen MR) is 83.5 cm³/mol. The molecule has 0 unspecified atom stereocenters. The highest BCUT2D eigenvalue weighted by molar-refractivity contribution is 7.97. The topological polar surface area (TPSA) is 29.1 Å². The predicted octanol–water partition coefficient (Wildman–Crippen LogP) is 2.20. The summed E-state index contributed by atoms with van der Waals surface area (Å²) in [6, 6.07) is 10.7. The Kier molecular flexibility index (Phi) is 2.26. The van der Waals surface area contributed by atoms with Gasteiger partial charge in [0.25, 0.3) is 0 Å². The zero-order valence-electron chi connectivity index (χ0n) is 10.2. The third-order valence-corrected chi connectivity index (χ3v) is 3.99. The standard InChI is InChI=1S/C15H11N3S/c1-16-19-17-10-5-7-12-13(9-10)14-4-2-3-11-6-8-15(12)18(11)14/h2-4,6-9H,1,5H2/b17-10+. The summed E-state index contributed by atoms with van der Waals surface area (Å²) in [4.78, 5) is 0. The Hall–Kier alpha value is -2.07. The molecule has 1 aliphatic carbocycles. The van der Waals surface area contributed by atoms with Gasteiger partial charge in [0.1, 0.15) is 12.1 Å². The van der Waals surface area contributed by atoms with Crippen LogP contribution in [0.15, 0.2) is 39.1 Å². The maximum atomic E-state index is 4.35. The number of aromatic nitrogens is 1. The average molecular weight is 265 g/mol. The number of nitrogens with zero attached hydrogens (tertiary/aromatic N) is 3. The summed E-state index contributed by atoms with van der Waals surface area (Å²) in [6.45, 7) is 3.43. The molecule has 92 valence electrons. The van der Waals surface area contributed by atoms with Crippen LogP contribution in [0.2, 0.25) is 0 Å². The molecule has 3 nitrogen and oxygen atoms in total. The lowest BCUT2D eigenvalue weighted by Gasteiger charge is -1.99. The molecule has 4 rings (SSSR count). The molecule has 0 N–H and O–H groups in total. The molecule has 0 fully saturated rings. The molecule has 0 spiro atoms. The van der Waals surface area contributed by atoms with Crippen LogP contribution in [0.4, 0.5) is 0 Å². The fraction of sp³-hybridized carbons (Fsp3) is 0.0667. The van der Waals surface area contributed by atoms with Crippen molar-refractivity contribution in [2.45, 2.75) is 6.42 Å². The highest BCUT2D eigenvalue weighted by Gasteiger charge is 2.11. The fourth-order valence-corrected chi connectivity index (χ4v) is 3.09. The summed E-state index contributed by atoms with van der Waals surface area (Å²) < 4.78 is 10.4. The van der Waals surface area contributed by atoms with Crippen LogP contribution in [-0.2, 0) is 0 Å². The lowest BCUT2D eigenvalue weighted by atomic mass is 10.1. The Labute approximate surface area is 114 Å². The second-order valence-electron chi connectivity index (χ2n) is 4.56. The molecule has 0 atom stereocenters. The van der Waals surface area contributed by atoms with Gasteiger partial charge in [0.05, 0.1) is 16.7 Å². The maximum Gasteiger partial charge on any atom is 0.114 e. The first kappa shape index (κ1) is 10.8. The van der Waals surface area contributed by atoms with E-state index in [4.69, 9.17) is 0 Å².